The second-order valence-corrected chi connectivity index (χ2v) is 6.59. The fraction of sp³-hybridized carbons (Fsp3) is 0.857. The van der Waals surface area contributed by atoms with Crippen LogP contribution in [-0.4, -0.2) is 47.4 Å². The van der Waals surface area contributed by atoms with Crippen LogP contribution >= 0.6 is 0 Å². The molecule has 2 rings (SSSR count). The Morgan fingerprint density at radius 3 is 2.63 bits per heavy atom. The molecule has 0 aliphatic carbocycles. The van der Waals surface area contributed by atoms with Crippen LogP contribution in [0, 0.1) is 0 Å². The van der Waals surface area contributed by atoms with E-state index in [1.54, 1.807) is 0 Å². The number of nitrogens with one attached hydrogen (secondary N) is 2. The topological polar surface area (TPSA) is 61.4 Å². The van der Waals surface area contributed by atoms with Crippen LogP contribution in [0.3, 0.4) is 0 Å². The van der Waals surface area contributed by atoms with Crippen molar-refractivity contribution in [3.63, 3.8) is 0 Å². The van der Waals surface area contributed by atoms with Crippen LogP contribution in [0.4, 0.5) is 0 Å². The van der Waals surface area contributed by atoms with Crippen LogP contribution in [0.25, 0.3) is 0 Å². The summed E-state index contributed by atoms with van der Waals surface area (Å²) in [5.41, 5.74) is -0.167. The molecule has 0 aromatic rings. The molecular formula is C14H25N3O2. The molecule has 0 aromatic carbocycles. The summed E-state index contributed by atoms with van der Waals surface area (Å²) in [5, 5.41) is 6.25. The molecule has 5 heteroatoms. The van der Waals surface area contributed by atoms with E-state index in [1.807, 2.05) is 25.7 Å². The summed E-state index contributed by atoms with van der Waals surface area (Å²) in [6.07, 6.45) is 3.57. The number of likely N-dealkylation sites (tertiary alicyclic amines) is 1. The number of amides is 2. The van der Waals surface area contributed by atoms with E-state index in [2.05, 4.69) is 10.6 Å². The summed E-state index contributed by atoms with van der Waals surface area (Å²) in [6, 6.07) is -0.115. The molecule has 0 bridgehead atoms. The second-order valence-electron chi connectivity index (χ2n) is 6.59. The van der Waals surface area contributed by atoms with Gasteiger partial charge in [-0.1, -0.05) is 6.42 Å². The lowest BCUT2D eigenvalue weighted by atomic mass is 10.0. The molecule has 0 spiro atoms. The SMILES string of the molecule is CC(C)(C)N1CC(NC(=O)C2CCCCN2)CC1=O. The van der Waals surface area contributed by atoms with E-state index in [0.29, 0.717) is 13.0 Å². The predicted molar refractivity (Wildman–Crippen MR) is 73.7 cm³/mol. The van der Waals surface area contributed by atoms with Gasteiger partial charge in [-0.2, -0.15) is 0 Å². The van der Waals surface area contributed by atoms with E-state index >= 15 is 0 Å². The highest BCUT2D eigenvalue weighted by atomic mass is 16.2. The van der Waals surface area contributed by atoms with Gasteiger partial charge in [-0.3, -0.25) is 9.59 Å². The van der Waals surface area contributed by atoms with Crippen molar-refractivity contribution in [2.75, 3.05) is 13.1 Å². The van der Waals surface area contributed by atoms with Crippen LogP contribution in [0.1, 0.15) is 46.5 Å². The molecule has 0 radical (unpaired) electrons. The third-order valence-electron chi connectivity index (χ3n) is 3.91. The van der Waals surface area contributed by atoms with Crippen molar-refractivity contribution in [2.24, 2.45) is 0 Å². The fourth-order valence-electron chi connectivity index (χ4n) is 2.83. The lowest BCUT2D eigenvalue weighted by molar-refractivity contribution is -0.131. The molecule has 0 aromatic heterocycles. The molecule has 2 amide bonds. The van der Waals surface area contributed by atoms with Crippen LogP contribution < -0.4 is 10.6 Å². The predicted octanol–water partition coefficient (Wildman–Crippen LogP) is 0.644. The molecule has 2 aliphatic rings. The van der Waals surface area contributed by atoms with Gasteiger partial charge in [-0.15, -0.1) is 0 Å². The van der Waals surface area contributed by atoms with Crippen LogP contribution in [0.15, 0.2) is 0 Å². The van der Waals surface area contributed by atoms with Crippen molar-refractivity contribution in [1.82, 2.24) is 15.5 Å². The molecule has 2 aliphatic heterocycles. The Bertz CT molecular complexity index is 356. The zero-order valence-corrected chi connectivity index (χ0v) is 12.2. The zero-order valence-electron chi connectivity index (χ0n) is 12.2. The number of piperidine rings is 1. The molecule has 2 atom stereocenters. The van der Waals surface area contributed by atoms with Crippen molar-refractivity contribution < 1.29 is 9.59 Å². The van der Waals surface area contributed by atoms with E-state index in [1.165, 1.54) is 0 Å². The molecule has 2 saturated heterocycles. The first-order valence-electron chi connectivity index (χ1n) is 7.22. The van der Waals surface area contributed by atoms with Gasteiger partial charge >= 0.3 is 0 Å². The quantitative estimate of drug-likeness (QED) is 0.772. The highest BCUT2D eigenvalue weighted by molar-refractivity contribution is 5.85. The highest BCUT2D eigenvalue weighted by Crippen LogP contribution is 2.22. The van der Waals surface area contributed by atoms with Crippen molar-refractivity contribution in [3.05, 3.63) is 0 Å². The normalized spacial score (nSPS) is 28.6. The summed E-state index contributed by atoms with van der Waals surface area (Å²) in [4.78, 5) is 25.9. The van der Waals surface area contributed by atoms with Crippen molar-refractivity contribution in [1.29, 1.82) is 0 Å². The third kappa shape index (κ3) is 3.47. The first-order valence-corrected chi connectivity index (χ1v) is 7.22. The molecule has 2 fully saturated rings. The molecule has 19 heavy (non-hydrogen) atoms. The average Bonchev–Trinajstić information content (AvgIpc) is 2.71. The first kappa shape index (κ1) is 14.3. The van der Waals surface area contributed by atoms with E-state index in [0.717, 1.165) is 25.8 Å². The third-order valence-corrected chi connectivity index (χ3v) is 3.91. The minimum absolute atomic E-state index is 0.0389. The van der Waals surface area contributed by atoms with Gasteiger partial charge < -0.3 is 15.5 Å². The summed E-state index contributed by atoms with van der Waals surface area (Å²) >= 11 is 0. The van der Waals surface area contributed by atoms with E-state index in [9.17, 15) is 9.59 Å². The van der Waals surface area contributed by atoms with Gasteiger partial charge in [0.05, 0.1) is 12.1 Å². The monoisotopic (exact) mass is 267 g/mol. The van der Waals surface area contributed by atoms with Gasteiger partial charge in [0.25, 0.3) is 0 Å². The number of carbonyl (C=O) groups is 2. The molecule has 2 unspecified atom stereocenters. The fourth-order valence-corrected chi connectivity index (χ4v) is 2.83. The van der Waals surface area contributed by atoms with Gasteiger partial charge in [0.2, 0.25) is 11.8 Å². The summed E-state index contributed by atoms with van der Waals surface area (Å²) in [5.74, 6) is 0.183. The van der Waals surface area contributed by atoms with Gasteiger partial charge in [-0.25, -0.2) is 0 Å². The molecular weight excluding hydrogens is 242 g/mol. The summed E-state index contributed by atoms with van der Waals surface area (Å²) in [7, 11) is 0. The van der Waals surface area contributed by atoms with Crippen LogP contribution in [-0.2, 0) is 9.59 Å². The largest absolute Gasteiger partial charge is 0.350 e. The van der Waals surface area contributed by atoms with E-state index in [4.69, 9.17) is 0 Å². The maximum absolute atomic E-state index is 12.1. The van der Waals surface area contributed by atoms with Crippen LogP contribution in [0.5, 0.6) is 0 Å². The minimum Gasteiger partial charge on any atom is -0.350 e. The lowest BCUT2D eigenvalue weighted by Crippen LogP contribution is -2.50. The van der Waals surface area contributed by atoms with Crippen LogP contribution in [0.2, 0.25) is 0 Å². The Hall–Kier alpha value is -1.10. The lowest BCUT2D eigenvalue weighted by Gasteiger charge is -2.32. The Kier molecular flexibility index (Phi) is 4.13. The Balaban J connectivity index is 1.87. The number of rotatable bonds is 2. The smallest absolute Gasteiger partial charge is 0.237 e. The maximum atomic E-state index is 12.1. The number of hydrogen-bond acceptors (Lipinski definition) is 3. The summed E-state index contributed by atoms with van der Waals surface area (Å²) in [6.45, 7) is 7.62. The summed E-state index contributed by atoms with van der Waals surface area (Å²) < 4.78 is 0. The Labute approximate surface area is 115 Å². The average molecular weight is 267 g/mol. The number of hydrogen-bond donors (Lipinski definition) is 2. The minimum atomic E-state index is -0.167. The number of carbonyl (C=O) groups excluding carboxylic acids is 2. The van der Waals surface area contributed by atoms with E-state index < -0.39 is 0 Å². The zero-order chi connectivity index (χ0) is 14.0. The molecule has 108 valence electrons. The van der Waals surface area contributed by atoms with Gasteiger partial charge in [0.1, 0.15) is 0 Å². The van der Waals surface area contributed by atoms with Gasteiger partial charge in [0.15, 0.2) is 0 Å². The van der Waals surface area contributed by atoms with Crippen molar-refractivity contribution in [2.45, 2.75) is 64.1 Å². The Morgan fingerprint density at radius 1 is 1.37 bits per heavy atom. The van der Waals surface area contributed by atoms with E-state index in [-0.39, 0.29) is 29.4 Å². The highest BCUT2D eigenvalue weighted by Gasteiger charge is 2.37. The second kappa shape index (κ2) is 5.49. The first-order chi connectivity index (χ1) is 8.88. The van der Waals surface area contributed by atoms with Crippen molar-refractivity contribution in [3.8, 4) is 0 Å². The maximum Gasteiger partial charge on any atom is 0.237 e. The molecule has 2 N–H and O–H groups in total. The molecule has 0 saturated carbocycles. The van der Waals surface area contributed by atoms with Gasteiger partial charge in [0, 0.05) is 18.5 Å². The standard InChI is InChI=1S/C14H25N3O2/c1-14(2,3)17-9-10(8-12(17)18)16-13(19)11-6-4-5-7-15-11/h10-11,15H,4-9H2,1-3H3,(H,16,19). The Morgan fingerprint density at radius 2 is 2.11 bits per heavy atom. The van der Waals surface area contributed by atoms with Gasteiger partial charge in [-0.05, 0) is 40.2 Å². The molecule has 5 nitrogen and oxygen atoms in total. The molecule has 2 heterocycles. The number of nitrogens with zero attached hydrogens (tertiary/aromatic N) is 1. The van der Waals surface area contributed by atoms with Crippen molar-refractivity contribution >= 4 is 11.8 Å².